The Kier molecular flexibility index (Phi) is 6.55. The van der Waals surface area contributed by atoms with E-state index < -0.39 is 12.1 Å². The van der Waals surface area contributed by atoms with E-state index in [1.165, 1.54) is 7.11 Å². The molecule has 0 unspecified atom stereocenters. The number of amides is 1. The molecule has 8 nitrogen and oxygen atoms in total. The fraction of sp³-hybridized carbons (Fsp3) is 0.636. The summed E-state index contributed by atoms with van der Waals surface area (Å²) in [5, 5.41) is 10.6. The number of nitrogens with zero attached hydrogens (tertiary/aromatic N) is 2. The molecule has 1 aromatic carbocycles. The van der Waals surface area contributed by atoms with Gasteiger partial charge in [0.15, 0.2) is 0 Å². The highest BCUT2D eigenvalue weighted by Crippen LogP contribution is 2.38. The number of hydrogen-bond donors (Lipinski definition) is 1. The Morgan fingerprint density at radius 2 is 1.90 bits per heavy atom. The molecule has 2 aliphatic heterocycles. The van der Waals surface area contributed by atoms with Gasteiger partial charge in [-0.3, -0.25) is 9.69 Å². The largest absolute Gasteiger partial charge is 0.488 e. The number of rotatable bonds is 5. The van der Waals surface area contributed by atoms with Gasteiger partial charge in [0.05, 0.1) is 38.5 Å². The molecule has 4 rings (SSSR count). The van der Waals surface area contributed by atoms with E-state index in [-0.39, 0.29) is 12.0 Å². The van der Waals surface area contributed by atoms with Crippen molar-refractivity contribution in [3.8, 4) is 5.75 Å². The highest BCUT2D eigenvalue weighted by molar-refractivity contribution is 5.89. The van der Waals surface area contributed by atoms with Gasteiger partial charge in [-0.15, -0.1) is 0 Å². The number of esters is 1. The van der Waals surface area contributed by atoms with Crippen molar-refractivity contribution in [3.63, 3.8) is 0 Å². The van der Waals surface area contributed by atoms with Crippen LogP contribution in [-0.2, 0) is 14.3 Å². The number of aliphatic hydroxyl groups excluding tert-OH is 1. The Morgan fingerprint density at radius 1 is 1.17 bits per heavy atom. The Hall–Kier alpha value is -2.16. The molecule has 0 bridgehead atoms. The molecule has 2 heterocycles. The van der Waals surface area contributed by atoms with Crippen molar-refractivity contribution < 1.29 is 28.9 Å². The van der Waals surface area contributed by atoms with Crippen molar-refractivity contribution in [2.24, 2.45) is 11.8 Å². The van der Waals surface area contributed by atoms with Crippen LogP contribution in [-0.4, -0.2) is 92.0 Å². The number of morpholine rings is 1. The summed E-state index contributed by atoms with van der Waals surface area (Å²) >= 11 is 0. The van der Waals surface area contributed by atoms with Gasteiger partial charge in [-0.2, -0.15) is 0 Å². The number of methoxy groups -OCH3 is 1. The number of ether oxygens (including phenoxy) is 3. The minimum Gasteiger partial charge on any atom is -0.488 e. The van der Waals surface area contributed by atoms with Gasteiger partial charge in [-0.1, -0.05) is 6.07 Å². The summed E-state index contributed by atoms with van der Waals surface area (Å²) in [6.45, 7) is 4.66. The third-order valence-corrected chi connectivity index (χ3v) is 6.43. The van der Waals surface area contributed by atoms with E-state index in [0.29, 0.717) is 62.4 Å². The van der Waals surface area contributed by atoms with Crippen molar-refractivity contribution in [2.45, 2.75) is 25.0 Å². The van der Waals surface area contributed by atoms with Gasteiger partial charge >= 0.3 is 5.97 Å². The molecule has 3 fully saturated rings. The predicted molar refractivity (Wildman–Crippen MR) is 108 cm³/mol. The second kappa shape index (κ2) is 9.32. The zero-order chi connectivity index (χ0) is 21.1. The molecule has 1 amide bonds. The number of likely N-dealkylation sites (tertiary alicyclic amines) is 1. The summed E-state index contributed by atoms with van der Waals surface area (Å²) in [7, 11) is 1.34. The molecule has 0 aromatic heterocycles. The molecule has 30 heavy (non-hydrogen) atoms. The van der Waals surface area contributed by atoms with Gasteiger partial charge in [0, 0.05) is 26.2 Å². The van der Waals surface area contributed by atoms with E-state index >= 15 is 0 Å². The van der Waals surface area contributed by atoms with Gasteiger partial charge < -0.3 is 24.2 Å². The molecule has 0 spiro atoms. The topological polar surface area (TPSA) is 88.5 Å². The quantitative estimate of drug-likeness (QED) is 0.707. The van der Waals surface area contributed by atoms with Gasteiger partial charge in [-0.05, 0) is 42.9 Å². The molecule has 1 saturated carbocycles. The summed E-state index contributed by atoms with van der Waals surface area (Å²) in [5.41, 5.74) is 0.423. The molecule has 1 aromatic rings. The van der Waals surface area contributed by atoms with Gasteiger partial charge in [0.2, 0.25) is 5.91 Å². The van der Waals surface area contributed by atoms with Crippen molar-refractivity contribution in [3.05, 3.63) is 29.8 Å². The maximum atomic E-state index is 12.6. The van der Waals surface area contributed by atoms with Crippen molar-refractivity contribution in [1.29, 1.82) is 0 Å². The third-order valence-electron chi connectivity index (χ3n) is 6.43. The number of carbonyl (C=O) groups excluding carboxylic acids is 2. The van der Waals surface area contributed by atoms with Crippen LogP contribution in [0.4, 0.5) is 0 Å². The SMILES string of the molecule is COC(=O)c1cccc(O[C@@H]2C[C@@H]3CN(CC(=O)N4CCOCC4)C[C@@H]3C[C@H]2O)c1. The van der Waals surface area contributed by atoms with E-state index in [1.807, 2.05) is 4.90 Å². The second-order valence-corrected chi connectivity index (χ2v) is 8.42. The lowest BCUT2D eigenvalue weighted by Gasteiger charge is -2.35. The van der Waals surface area contributed by atoms with Gasteiger partial charge in [0.25, 0.3) is 0 Å². The maximum absolute atomic E-state index is 12.6. The van der Waals surface area contributed by atoms with E-state index in [2.05, 4.69) is 4.90 Å². The summed E-state index contributed by atoms with van der Waals surface area (Å²) in [6, 6.07) is 6.85. The highest BCUT2D eigenvalue weighted by atomic mass is 16.5. The standard InChI is InChI=1S/C22H30N2O6/c1-28-22(27)15-3-2-4-18(9-15)30-20-11-17-13-23(12-16(17)10-19(20)25)14-21(26)24-5-7-29-8-6-24/h2-4,9,16-17,19-20,25H,5-8,10-14H2,1H3/t16-,17+,19+,20+/m0/s1. The molecular weight excluding hydrogens is 388 g/mol. The molecule has 4 atom stereocenters. The molecule has 8 heteroatoms. The highest BCUT2D eigenvalue weighted by Gasteiger charge is 2.43. The van der Waals surface area contributed by atoms with Crippen molar-refractivity contribution in [2.75, 3.05) is 53.0 Å². The van der Waals surface area contributed by atoms with Gasteiger partial charge in [0.1, 0.15) is 11.9 Å². The van der Waals surface area contributed by atoms with Crippen LogP contribution >= 0.6 is 0 Å². The minimum atomic E-state index is -0.567. The number of aliphatic hydroxyl groups is 1. The first-order chi connectivity index (χ1) is 14.5. The van der Waals surface area contributed by atoms with E-state index in [0.717, 1.165) is 19.5 Å². The number of benzene rings is 1. The van der Waals surface area contributed by atoms with E-state index in [1.54, 1.807) is 24.3 Å². The number of carbonyl (C=O) groups is 2. The molecule has 1 aliphatic carbocycles. The second-order valence-electron chi connectivity index (χ2n) is 8.42. The van der Waals surface area contributed by atoms with Gasteiger partial charge in [-0.25, -0.2) is 4.79 Å². The summed E-state index contributed by atoms with van der Waals surface area (Å²) < 4.78 is 16.1. The lowest BCUT2D eigenvalue weighted by Crippen LogP contribution is -2.45. The monoisotopic (exact) mass is 418 g/mol. The summed E-state index contributed by atoms with van der Waals surface area (Å²) in [5.74, 6) is 1.06. The van der Waals surface area contributed by atoms with E-state index in [4.69, 9.17) is 14.2 Å². The van der Waals surface area contributed by atoms with Crippen LogP contribution in [0.3, 0.4) is 0 Å². The lowest BCUT2D eigenvalue weighted by atomic mass is 9.78. The van der Waals surface area contributed by atoms with Crippen LogP contribution in [0.1, 0.15) is 23.2 Å². The molecular formula is C22H30N2O6. The third kappa shape index (κ3) is 4.77. The first kappa shape index (κ1) is 21.1. The maximum Gasteiger partial charge on any atom is 0.337 e. The van der Waals surface area contributed by atoms with Crippen LogP contribution in [0.2, 0.25) is 0 Å². The van der Waals surface area contributed by atoms with E-state index in [9.17, 15) is 14.7 Å². The van der Waals surface area contributed by atoms with Crippen molar-refractivity contribution in [1.82, 2.24) is 9.80 Å². The first-order valence-corrected chi connectivity index (χ1v) is 10.6. The minimum absolute atomic E-state index is 0.157. The smallest absolute Gasteiger partial charge is 0.337 e. The fourth-order valence-corrected chi connectivity index (χ4v) is 4.84. The van der Waals surface area contributed by atoms with Crippen LogP contribution in [0.5, 0.6) is 5.75 Å². The van der Waals surface area contributed by atoms with Crippen molar-refractivity contribution >= 4 is 11.9 Å². The normalized spacial score (nSPS) is 29.3. The zero-order valence-electron chi connectivity index (χ0n) is 17.4. The Bertz CT molecular complexity index is 766. The Labute approximate surface area is 176 Å². The number of fused-ring (bicyclic) bond motifs is 1. The predicted octanol–water partition coefficient (Wildman–Crippen LogP) is 0.782. The zero-order valence-corrected chi connectivity index (χ0v) is 17.4. The molecule has 0 radical (unpaired) electrons. The molecule has 3 aliphatic rings. The average molecular weight is 418 g/mol. The lowest BCUT2D eigenvalue weighted by molar-refractivity contribution is -0.136. The molecule has 1 N–H and O–H groups in total. The Morgan fingerprint density at radius 3 is 2.63 bits per heavy atom. The van der Waals surface area contributed by atoms with Crippen LogP contribution in [0.25, 0.3) is 0 Å². The Balaban J connectivity index is 1.33. The molecule has 2 saturated heterocycles. The van der Waals surface area contributed by atoms with Crippen LogP contribution < -0.4 is 4.74 Å². The first-order valence-electron chi connectivity index (χ1n) is 10.6. The van der Waals surface area contributed by atoms with Crippen LogP contribution in [0.15, 0.2) is 24.3 Å². The summed E-state index contributed by atoms with van der Waals surface area (Å²) in [4.78, 5) is 28.4. The molecule has 164 valence electrons. The average Bonchev–Trinajstić information content (AvgIpc) is 3.15. The van der Waals surface area contributed by atoms with Crippen LogP contribution in [0, 0.1) is 11.8 Å². The summed E-state index contributed by atoms with van der Waals surface area (Å²) in [6.07, 6.45) is 0.502. The fourth-order valence-electron chi connectivity index (χ4n) is 4.84. The number of hydrogen-bond acceptors (Lipinski definition) is 7.